The summed E-state index contributed by atoms with van der Waals surface area (Å²) in [5.74, 6) is 0. The molecule has 0 fully saturated rings. The number of hydrogen-bond acceptors (Lipinski definition) is 1. The van der Waals surface area contributed by atoms with Crippen LogP contribution in [0.5, 0.6) is 0 Å². The Morgan fingerprint density at radius 3 is 2.92 bits per heavy atom. The molecule has 0 unspecified atom stereocenters. The Bertz CT molecular complexity index is 263. The molecule has 0 atom stereocenters. The topological polar surface area (TPSA) is 12.0 Å². The van der Waals surface area contributed by atoms with Crippen LogP contribution in [0, 0.1) is 6.92 Å². The monoisotopic (exact) mass is 231 g/mol. The average molecular weight is 232 g/mol. The summed E-state index contributed by atoms with van der Waals surface area (Å²) in [6.07, 6.45) is 0. The molecule has 0 saturated heterocycles. The summed E-state index contributed by atoms with van der Waals surface area (Å²) in [6.45, 7) is 2.02. The normalized spacial score (nSPS) is 9.92. The molecule has 0 aliphatic carbocycles. The van der Waals surface area contributed by atoms with E-state index in [4.69, 9.17) is 0 Å². The molecule has 0 aliphatic heterocycles. The maximum Gasteiger partial charge on any atom is 0.107 e. The van der Waals surface area contributed by atoms with E-state index in [1.165, 1.54) is 0 Å². The molecule has 0 bridgehead atoms. The highest BCUT2D eigenvalue weighted by atomic mass is 79.9. The Labute approximate surface area is 80.1 Å². The second kappa shape index (κ2) is 4.45. The number of hydrogen-bond donors (Lipinski definition) is 1. The Balaban J connectivity index is 2.78. The van der Waals surface area contributed by atoms with Crippen LogP contribution < -0.4 is 5.32 Å². The lowest BCUT2D eigenvalue weighted by atomic mass is 10.2. The average Bonchev–Trinajstić information content (AvgIpc) is 2.08. The molecule has 0 aliphatic rings. The maximum atomic E-state index is 11.8. The van der Waals surface area contributed by atoms with Gasteiger partial charge in [0.2, 0.25) is 0 Å². The summed E-state index contributed by atoms with van der Waals surface area (Å²) in [6, 6.07) is 5.84. The molecule has 0 heterocycles. The first-order valence-corrected chi connectivity index (χ1v) is 4.60. The van der Waals surface area contributed by atoms with Gasteiger partial charge < -0.3 is 5.32 Å². The summed E-state index contributed by atoms with van der Waals surface area (Å²) in [7, 11) is 0. The van der Waals surface area contributed by atoms with Crippen molar-refractivity contribution in [3.05, 3.63) is 28.2 Å². The zero-order valence-electron chi connectivity index (χ0n) is 6.90. The molecule has 12 heavy (non-hydrogen) atoms. The third-order valence-electron chi connectivity index (χ3n) is 1.68. The third-order valence-corrected chi connectivity index (χ3v) is 2.54. The zero-order valence-corrected chi connectivity index (χ0v) is 8.49. The molecular formula is C9H11BrFN. The minimum Gasteiger partial charge on any atom is -0.382 e. The standard InChI is InChI=1S/C9H11BrFN/c1-7-8(10)3-2-4-9(7)12-6-5-11/h2-4,12H,5-6H2,1H3. The van der Waals surface area contributed by atoms with E-state index >= 15 is 0 Å². The summed E-state index contributed by atoms with van der Waals surface area (Å²) in [5.41, 5.74) is 2.10. The van der Waals surface area contributed by atoms with Gasteiger partial charge in [-0.2, -0.15) is 0 Å². The van der Waals surface area contributed by atoms with Gasteiger partial charge in [0.25, 0.3) is 0 Å². The van der Waals surface area contributed by atoms with Crippen molar-refractivity contribution < 1.29 is 4.39 Å². The van der Waals surface area contributed by atoms with E-state index in [1.54, 1.807) is 0 Å². The quantitative estimate of drug-likeness (QED) is 0.844. The van der Waals surface area contributed by atoms with Crippen LogP contribution in [0.15, 0.2) is 22.7 Å². The Hall–Kier alpha value is -0.570. The summed E-state index contributed by atoms with van der Waals surface area (Å²) in [4.78, 5) is 0. The van der Waals surface area contributed by atoms with Crippen molar-refractivity contribution in [2.75, 3.05) is 18.5 Å². The van der Waals surface area contributed by atoms with Gasteiger partial charge in [-0.1, -0.05) is 22.0 Å². The highest BCUT2D eigenvalue weighted by Crippen LogP contribution is 2.22. The van der Waals surface area contributed by atoms with Crippen LogP contribution in [0.1, 0.15) is 5.56 Å². The van der Waals surface area contributed by atoms with Crippen LogP contribution >= 0.6 is 15.9 Å². The van der Waals surface area contributed by atoms with Gasteiger partial charge in [0.1, 0.15) is 6.67 Å². The number of alkyl halides is 1. The van der Waals surface area contributed by atoms with E-state index in [-0.39, 0.29) is 6.67 Å². The predicted octanol–water partition coefficient (Wildman–Crippen LogP) is 3.14. The minimum atomic E-state index is -0.341. The van der Waals surface area contributed by atoms with Gasteiger partial charge >= 0.3 is 0 Å². The zero-order chi connectivity index (χ0) is 8.97. The van der Waals surface area contributed by atoms with Crippen LogP contribution in [-0.2, 0) is 0 Å². The largest absolute Gasteiger partial charge is 0.382 e. The van der Waals surface area contributed by atoms with Crippen molar-refractivity contribution in [3.63, 3.8) is 0 Å². The first-order valence-electron chi connectivity index (χ1n) is 3.80. The van der Waals surface area contributed by atoms with E-state index < -0.39 is 0 Å². The van der Waals surface area contributed by atoms with Crippen LogP contribution in [0.2, 0.25) is 0 Å². The molecule has 0 aromatic heterocycles. The van der Waals surface area contributed by atoms with Gasteiger partial charge in [-0.3, -0.25) is 0 Å². The van der Waals surface area contributed by atoms with Gasteiger partial charge in [0, 0.05) is 16.7 Å². The van der Waals surface area contributed by atoms with Crippen LogP contribution in [0.25, 0.3) is 0 Å². The lowest BCUT2D eigenvalue weighted by Gasteiger charge is -2.08. The molecular weight excluding hydrogens is 221 g/mol. The van der Waals surface area contributed by atoms with E-state index in [0.717, 1.165) is 15.7 Å². The third kappa shape index (κ3) is 2.21. The smallest absolute Gasteiger partial charge is 0.107 e. The minimum absolute atomic E-state index is 0.341. The highest BCUT2D eigenvalue weighted by Gasteiger charge is 1.99. The lowest BCUT2D eigenvalue weighted by molar-refractivity contribution is 0.512. The van der Waals surface area contributed by atoms with E-state index in [0.29, 0.717) is 6.54 Å². The van der Waals surface area contributed by atoms with Crippen LogP contribution in [0.4, 0.5) is 10.1 Å². The van der Waals surface area contributed by atoms with Crippen molar-refractivity contribution in [2.24, 2.45) is 0 Å². The van der Waals surface area contributed by atoms with Gasteiger partial charge in [0.05, 0.1) is 0 Å². The van der Waals surface area contributed by atoms with Gasteiger partial charge in [0.15, 0.2) is 0 Å². The van der Waals surface area contributed by atoms with Crippen molar-refractivity contribution in [3.8, 4) is 0 Å². The van der Waals surface area contributed by atoms with Gasteiger partial charge in [-0.25, -0.2) is 4.39 Å². The fourth-order valence-corrected chi connectivity index (χ4v) is 1.35. The van der Waals surface area contributed by atoms with Gasteiger partial charge in [-0.05, 0) is 24.6 Å². The maximum absolute atomic E-state index is 11.8. The van der Waals surface area contributed by atoms with Crippen molar-refractivity contribution >= 4 is 21.6 Å². The van der Waals surface area contributed by atoms with Crippen LogP contribution in [0.3, 0.4) is 0 Å². The fourth-order valence-electron chi connectivity index (χ4n) is 0.981. The lowest BCUT2D eigenvalue weighted by Crippen LogP contribution is -2.04. The molecule has 66 valence electrons. The Morgan fingerprint density at radius 1 is 1.50 bits per heavy atom. The molecule has 3 heteroatoms. The molecule has 1 aromatic rings. The molecule has 0 saturated carbocycles. The second-order valence-corrected chi connectivity index (χ2v) is 3.38. The van der Waals surface area contributed by atoms with Crippen molar-refractivity contribution in [2.45, 2.75) is 6.92 Å². The Morgan fingerprint density at radius 2 is 2.25 bits per heavy atom. The van der Waals surface area contributed by atoms with E-state index in [1.807, 2.05) is 25.1 Å². The number of rotatable bonds is 3. The number of nitrogens with one attached hydrogen (secondary N) is 1. The fraction of sp³-hybridized carbons (Fsp3) is 0.333. The highest BCUT2D eigenvalue weighted by molar-refractivity contribution is 9.10. The summed E-state index contributed by atoms with van der Waals surface area (Å²) < 4.78 is 12.9. The molecule has 0 spiro atoms. The van der Waals surface area contributed by atoms with E-state index in [9.17, 15) is 4.39 Å². The number of halogens is 2. The SMILES string of the molecule is Cc1c(Br)cccc1NCCF. The van der Waals surface area contributed by atoms with Crippen LogP contribution in [-0.4, -0.2) is 13.2 Å². The molecule has 1 aromatic carbocycles. The molecule has 1 rings (SSSR count). The first-order chi connectivity index (χ1) is 5.75. The molecule has 0 radical (unpaired) electrons. The first kappa shape index (κ1) is 9.52. The van der Waals surface area contributed by atoms with E-state index in [2.05, 4.69) is 21.2 Å². The summed E-state index contributed by atoms with van der Waals surface area (Å²) >= 11 is 3.40. The van der Waals surface area contributed by atoms with Crippen molar-refractivity contribution in [1.82, 2.24) is 0 Å². The molecule has 0 amide bonds. The van der Waals surface area contributed by atoms with Crippen molar-refractivity contribution in [1.29, 1.82) is 0 Å². The Kier molecular flexibility index (Phi) is 3.53. The predicted molar refractivity (Wildman–Crippen MR) is 53.3 cm³/mol. The summed E-state index contributed by atoms with van der Waals surface area (Å²) in [5, 5.41) is 3.00. The second-order valence-electron chi connectivity index (χ2n) is 2.53. The number of anilines is 1. The number of benzene rings is 1. The molecule has 1 nitrogen and oxygen atoms in total. The van der Waals surface area contributed by atoms with Gasteiger partial charge in [-0.15, -0.1) is 0 Å². The molecule has 1 N–H and O–H groups in total.